The van der Waals surface area contributed by atoms with Crippen molar-refractivity contribution in [1.82, 2.24) is 19.7 Å². The maximum absolute atomic E-state index is 14.2. The summed E-state index contributed by atoms with van der Waals surface area (Å²) in [6, 6.07) is 7.87. The van der Waals surface area contributed by atoms with Gasteiger partial charge in [-0.15, -0.1) is 0 Å². The molecule has 0 saturated carbocycles. The highest BCUT2D eigenvalue weighted by atomic mass is 32.2. The fourth-order valence-electron chi connectivity index (χ4n) is 6.82. The van der Waals surface area contributed by atoms with Crippen molar-refractivity contribution in [2.75, 3.05) is 55.7 Å². The molecule has 4 heterocycles. The molecule has 0 spiro atoms. The molecule has 0 radical (unpaired) electrons. The second-order valence-corrected chi connectivity index (χ2v) is 17.1. The highest BCUT2D eigenvalue weighted by Crippen LogP contribution is 2.40. The van der Waals surface area contributed by atoms with Crippen molar-refractivity contribution in [3.05, 3.63) is 59.2 Å². The third-order valence-electron chi connectivity index (χ3n) is 9.21. The van der Waals surface area contributed by atoms with Crippen LogP contribution in [0.25, 0.3) is 0 Å². The molecule has 12 heteroatoms. The van der Waals surface area contributed by atoms with Gasteiger partial charge in [0.05, 0.1) is 29.4 Å². The molecule has 0 aliphatic carbocycles. The van der Waals surface area contributed by atoms with Gasteiger partial charge < -0.3 is 14.5 Å². The van der Waals surface area contributed by atoms with Crippen LogP contribution < -0.4 is 4.90 Å². The molecule has 2 fully saturated rings. The van der Waals surface area contributed by atoms with Crippen LogP contribution in [0.5, 0.6) is 0 Å². The Hall–Kier alpha value is -3.09. The smallest absolute Gasteiger partial charge is 0.410 e. The molecule has 0 bridgehead atoms. The predicted octanol–water partition coefficient (Wildman–Crippen LogP) is 3.86. The molecule has 1 unspecified atom stereocenters. The molecule has 252 valence electrons. The first-order chi connectivity index (χ1) is 21.4. The molecule has 10 nitrogen and oxygen atoms in total. The lowest BCUT2D eigenvalue weighted by Gasteiger charge is -2.47. The van der Waals surface area contributed by atoms with Gasteiger partial charge in [-0.2, -0.15) is 0 Å². The highest BCUT2D eigenvalue weighted by molar-refractivity contribution is 7.91. The number of hydrogen-bond donors (Lipinski definition) is 0. The van der Waals surface area contributed by atoms with Crippen LogP contribution in [-0.2, 0) is 31.2 Å². The summed E-state index contributed by atoms with van der Waals surface area (Å²) >= 11 is 0. The maximum Gasteiger partial charge on any atom is 0.410 e. The standard InChI is InChI=1S/C34H48FN5O5S/c1-23-17-38(28(19-39(23)32(42)45-33(3,4)5)18-37-12-13-46(43,44)21-24(37)2)20-30(41)40-22-34(6,7)31-29(40)15-26(16-36-31)14-25-8-10-27(35)11-9-25/h8-11,15-16,23-24,28H,12-14,17-22H2,1-7H3/t23-,24?,28+/m1/s1. The third-order valence-corrected chi connectivity index (χ3v) is 11.0. The third kappa shape index (κ3) is 7.88. The number of amides is 2. The van der Waals surface area contributed by atoms with Gasteiger partial charge in [-0.3, -0.25) is 19.6 Å². The Kier molecular flexibility index (Phi) is 9.56. The zero-order chi connectivity index (χ0) is 33.6. The van der Waals surface area contributed by atoms with E-state index in [0.29, 0.717) is 39.1 Å². The van der Waals surface area contributed by atoms with Crippen LogP contribution in [0.2, 0.25) is 0 Å². The Morgan fingerprint density at radius 3 is 2.39 bits per heavy atom. The van der Waals surface area contributed by atoms with Gasteiger partial charge in [0.2, 0.25) is 5.91 Å². The predicted molar refractivity (Wildman–Crippen MR) is 176 cm³/mol. The van der Waals surface area contributed by atoms with E-state index < -0.39 is 15.4 Å². The average molecular weight is 658 g/mol. The summed E-state index contributed by atoms with van der Waals surface area (Å²) in [4.78, 5) is 40.1. The van der Waals surface area contributed by atoms with Crippen LogP contribution in [-0.4, -0.2) is 115 Å². The molecule has 5 rings (SSSR count). The summed E-state index contributed by atoms with van der Waals surface area (Å²) in [5, 5.41) is 0. The van der Waals surface area contributed by atoms with Crippen molar-refractivity contribution < 1.29 is 27.1 Å². The van der Waals surface area contributed by atoms with E-state index in [9.17, 15) is 22.4 Å². The van der Waals surface area contributed by atoms with Crippen LogP contribution >= 0.6 is 0 Å². The quantitative estimate of drug-likeness (QED) is 0.462. The lowest BCUT2D eigenvalue weighted by atomic mass is 9.91. The van der Waals surface area contributed by atoms with Crippen molar-refractivity contribution >= 4 is 27.5 Å². The Bertz CT molecular complexity index is 1560. The number of ether oxygens (including phenoxy) is 1. The fourth-order valence-corrected chi connectivity index (χ4v) is 8.45. The maximum atomic E-state index is 14.2. The summed E-state index contributed by atoms with van der Waals surface area (Å²) < 4.78 is 43.8. The van der Waals surface area contributed by atoms with Crippen molar-refractivity contribution in [3.63, 3.8) is 0 Å². The van der Waals surface area contributed by atoms with E-state index in [-0.39, 0.29) is 59.4 Å². The van der Waals surface area contributed by atoms with E-state index in [4.69, 9.17) is 9.72 Å². The number of piperazine rings is 1. The van der Waals surface area contributed by atoms with E-state index >= 15 is 0 Å². The first-order valence-corrected chi connectivity index (χ1v) is 18.0. The number of carbonyl (C=O) groups excluding carboxylic acids is 2. The summed E-state index contributed by atoms with van der Waals surface area (Å²) in [6.45, 7) is 16.0. The summed E-state index contributed by atoms with van der Waals surface area (Å²) in [5.41, 5.74) is 2.57. The number of aromatic nitrogens is 1. The Balaban J connectivity index is 1.37. The number of benzene rings is 1. The van der Waals surface area contributed by atoms with Crippen LogP contribution in [0, 0.1) is 5.82 Å². The average Bonchev–Trinajstić information content (AvgIpc) is 3.21. The first-order valence-electron chi connectivity index (χ1n) is 16.1. The number of carbonyl (C=O) groups is 2. The minimum absolute atomic E-state index is 0.0512. The molecular weight excluding hydrogens is 609 g/mol. The number of halogens is 1. The highest BCUT2D eigenvalue weighted by Gasteiger charge is 2.43. The number of nitrogens with zero attached hydrogens (tertiary/aromatic N) is 5. The van der Waals surface area contributed by atoms with Crippen LogP contribution in [0.1, 0.15) is 65.3 Å². The number of hydrogen-bond acceptors (Lipinski definition) is 8. The van der Waals surface area contributed by atoms with Gasteiger partial charge in [0.15, 0.2) is 9.84 Å². The lowest BCUT2D eigenvalue weighted by Crippen LogP contribution is -2.64. The molecule has 3 atom stereocenters. The van der Waals surface area contributed by atoms with Gasteiger partial charge in [-0.25, -0.2) is 17.6 Å². The number of sulfone groups is 1. The van der Waals surface area contributed by atoms with Crippen molar-refractivity contribution in [2.24, 2.45) is 0 Å². The van der Waals surface area contributed by atoms with Gasteiger partial charge in [0.25, 0.3) is 0 Å². The van der Waals surface area contributed by atoms with Crippen molar-refractivity contribution in [3.8, 4) is 0 Å². The zero-order valence-electron chi connectivity index (χ0n) is 28.1. The van der Waals surface area contributed by atoms with Crippen molar-refractivity contribution in [2.45, 2.75) is 84.0 Å². The topological polar surface area (TPSA) is 103 Å². The number of pyridine rings is 1. The summed E-state index contributed by atoms with van der Waals surface area (Å²) in [6.07, 6.45) is 2.02. The van der Waals surface area contributed by atoms with E-state index in [1.54, 1.807) is 17.0 Å². The van der Waals surface area contributed by atoms with E-state index in [2.05, 4.69) is 23.6 Å². The van der Waals surface area contributed by atoms with Crippen LogP contribution in [0.3, 0.4) is 0 Å². The minimum atomic E-state index is -3.09. The molecular formula is C34H48FN5O5S. The first kappa shape index (κ1) is 34.3. The number of rotatable bonds is 6. The molecule has 1 aromatic carbocycles. The monoisotopic (exact) mass is 657 g/mol. The molecule has 3 aliphatic rings. The molecule has 46 heavy (non-hydrogen) atoms. The molecule has 2 amide bonds. The van der Waals surface area contributed by atoms with E-state index in [0.717, 1.165) is 22.5 Å². The molecule has 0 N–H and O–H groups in total. The van der Waals surface area contributed by atoms with E-state index in [1.807, 2.05) is 51.8 Å². The van der Waals surface area contributed by atoms with E-state index in [1.165, 1.54) is 12.1 Å². The largest absolute Gasteiger partial charge is 0.444 e. The Morgan fingerprint density at radius 2 is 1.74 bits per heavy atom. The number of fused-ring (bicyclic) bond motifs is 1. The molecule has 3 aliphatic heterocycles. The van der Waals surface area contributed by atoms with Crippen LogP contribution in [0.4, 0.5) is 14.9 Å². The van der Waals surface area contributed by atoms with Gasteiger partial charge in [0.1, 0.15) is 11.4 Å². The Labute approximate surface area is 272 Å². The van der Waals surface area contributed by atoms with Crippen molar-refractivity contribution in [1.29, 1.82) is 0 Å². The normalized spacial score (nSPS) is 24.9. The minimum Gasteiger partial charge on any atom is -0.444 e. The summed E-state index contributed by atoms with van der Waals surface area (Å²) in [7, 11) is -3.09. The lowest BCUT2D eigenvalue weighted by molar-refractivity contribution is -0.121. The van der Waals surface area contributed by atoms with Gasteiger partial charge in [-0.05, 0) is 70.4 Å². The number of anilines is 1. The van der Waals surface area contributed by atoms with Gasteiger partial charge in [-0.1, -0.05) is 26.0 Å². The zero-order valence-corrected chi connectivity index (χ0v) is 28.9. The van der Waals surface area contributed by atoms with Crippen LogP contribution in [0.15, 0.2) is 36.5 Å². The second kappa shape index (κ2) is 12.8. The molecule has 2 aromatic rings. The van der Waals surface area contributed by atoms with Gasteiger partial charge in [0, 0.05) is 62.5 Å². The Morgan fingerprint density at radius 1 is 1.04 bits per heavy atom. The molecule has 1 aromatic heterocycles. The molecule has 2 saturated heterocycles. The SMILES string of the molecule is CC1CS(=O)(=O)CCN1C[C@H]1CN(C(=O)OC(C)(C)C)[C@H](C)CN1CC(=O)N1CC(C)(C)c2ncc(Cc3ccc(F)cc3)cc21. The summed E-state index contributed by atoms with van der Waals surface area (Å²) in [5.74, 6) is -0.141. The second-order valence-electron chi connectivity index (χ2n) is 14.9. The fraction of sp³-hybridized carbons (Fsp3) is 0.618. The van der Waals surface area contributed by atoms with Gasteiger partial charge >= 0.3 is 6.09 Å².